The number of para-hydroxylation sites is 1. The van der Waals surface area contributed by atoms with Crippen molar-refractivity contribution < 1.29 is 4.74 Å². The van der Waals surface area contributed by atoms with Crippen LogP contribution in [-0.2, 0) is 0 Å². The average Bonchev–Trinajstić information content (AvgIpc) is 2.46. The van der Waals surface area contributed by atoms with Gasteiger partial charge in [-0.3, -0.25) is 0 Å². The first-order valence-electron chi connectivity index (χ1n) is 6.79. The van der Waals surface area contributed by atoms with E-state index < -0.39 is 0 Å². The molecule has 0 spiro atoms. The second-order valence-electron chi connectivity index (χ2n) is 5.14. The van der Waals surface area contributed by atoms with Gasteiger partial charge in [0.1, 0.15) is 6.10 Å². The third kappa shape index (κ3) is 2.69. The topological polar surface area (TPSA) is 47.3 Å². The molecule has 0 radical (unpaired) electrons. The van der Waals surface area contributed by atoms with Gasteiger partial charge in [0, 0.05) is 17.7 Å². The van der Waals surface area contributed by atoms with E-state index in [1.165, 1.54) is 0 Å². The normalized spacial score (nSPS) is 16.9. The first-order valence-corrected chi connectivity index (χ1v) is 7.55. The predicted molar refractivity (Wildman–Crippen MR) is 88.6 cm³/mol. The highest BCUT2D eigenvalue weighted by atomic mass is 35.5. The van der Waals surface area contributed by atoms with Crippen molar-refractivity contribution in [2.24, 2.45) is 5.73 Å². The second kappa shape index (κ2) is 5.76. The lowest BCUT2D eigenvalue weighted by atomic mass is 10.0. The first kappa shape index (κ1) is 14.5. The molecule has 21 heavy (non-hydrogen) atoms. The molecule has 1 aliphatic rings. The van der Waals surface area contributed by atoms with Gasteiger partial charge in [-0.2, -0.15) is 0 Å². The molecule has 0 aliphatic carbocycles. The fourth-order valence-corrected chi connectivity index (χ4v) is 3.32. The Balaban J connectivity index is 2.17. The van der Waals surface area contributed by atoms with E-state index in [1.807, 2.05) is 37.3 Å². The van der Waals surface area contributed by atoms with Crippen molar-refractivity contribution in [3.8, 4) is 16.9 Å². The summed E-state index contributed by atoms with van der Waals surface area (Å²) in [5.74, 6) is 0.756. The van der Waals surface area contributed by atoms with Crippen LogP contribution in [0.5, 0.6) is 5.75 Å². The molecule has 1 heterocycles. The fourth-order valence-electron chi connectivity index (χ4n) is 2.52. The Labute approximate surface area is 134 Å². The van der Waals surface area contributed by atoms with Gasteiger partial charge < -0.3 is 15.8 Å². The summed E-state index contributed by atoms with van der Waals surface area (Å²) in [6, 6.07) is 9.70. The highest BCUT2D eigenvalue weighted by molar-refractivity contribution is 6.39. The van der Waals surface area contributed by atoms with Gasteiger partial charge >= 0.3 is 0 Å². The van der Waals surface area contributed by atoms with Crippen LogP contribution >= 0.6 is 23.2 Å². The van der Waals surface area contributed by atoms with Crippen LogP contribution in [0.25, 0.3) is 11.1 Å². The molecule has 0 saturated heterocycles. The minimum atomic E-state index is -0.0540. The van der Waals surface area contributed by atoms with E-state index in [4.69, 9.17) is 33.7 Å². The van der Waals surface area contributed by atoms with E-state index in [-0.39, 0.29) is 6.10 Å². The molecule has 110 valence electrons. The molecule has 3 nitrogen and oxygen atoms in total. The lowest BCUT2D eigenvalue weighted by molar-refractivity contribution is 0.215. The van der Waals surface area contributed by atoms with E-state index in [2.05, 4.69) is 5.32 Å². The SMILES string of the molecule is Cc1cc(Cl)c(-c2cccc3c2OC(CN)CN3)c(Cl)c1. The van der Waals surface area contributed by atoms with Gasteiger partial charge in [-0.15, -0.1) is 0 Å². The predicted octanol–water partition coefficient (Wildman–Crippen LogP) is 4.10. The number of hydrogen-bond acceptors (Lipinski definition) is 3. The monoisotopic (exact) mass is 322 g/mol. The maximum absolute atomic E-state index is 6.40. The molecule has 5 heteroatoms. The lowest BCUT2D eigenvalue weighted by Crippen LogP contribution is -2.37. The molecule has 1 aliphatic heterocycles. The number of anilines is 1. The molecule has 0 aromatic heterocycles. The van der Waals surface area contributed by atoms with Crippen LogP contribution in [-0.4, -0.2) is 19.2 Å². The van der Waals surface area contributed by atoms with Crippen molar-refractivity contribution in [1.82, 2.24) is 0 Å². The molecular formula is C16H16Cl2N2O. The summed E-state index contributed by atoms with van der Waals surface area (Å²) in [5, 5.41) is 4.57. The van der Waals surface area contributed by atoms with Gasteiger partial charge in [-0.25, -0.2) is 0 Å². The summed E-state index contributed by atoms with van der Waals surface area (Å²) < 4.78 is 6.00. The molecule has 1 atom stereocenters. The minimum Gasteiger partial charge on any atom is -0.484 e. The number of fused-ring (bicyclic) bond motifs is 1. The van der Waals surface area contributed by atoms with Crippen LogP contribution in [0.3, 0.4) is 0 Å². The summed E-state index contributed by atoms with van der Waals surface area (Å²) >= 11 is 12.8. The first-order chi connectivity index (χ1) is 10.1. The summed E-state index contributed by atoms with van der Waals surface area (Å²) in [5.41, 5.74) is 9.35. The Morgan fingerprint density at radius 3 is 2.67 bits per heavy atom. The van der Waals surface area contributed by atoms with Crippen molar-refractivity contribution >= 4 is 28.9 Å². The number of aryl methyl sites for hydroxylation is 1. The average molecular weight is 323 g/mol. The zero-order valence-electron chi connectivity index (χ0n) is 11.6. The number of nitrogens with one attached hydrogen (secondary N) is 1. The third-order valence-corrected chi connectivity index (χ3v) is 4.13. The van der Waals surface area contributed by atoms with Crippen LogP contribution in [0.1, 0.15) is 5.56 Å². The molecule has 0 saturated carbocycles. The van der Waals surface area contributed by atoms with Gasteiger partial charge in [0.15, 0.2) is 5.75 Å². The number of benzene rings is 2. The molecular weight excluding hydrogens is 307 g/mol. The summed E-state index contributed by atoms with van der Waals surface area (Å²) in [6.45, 7) is 3.11. The smallest absolute Gasteiger partial charge is 0.150 e. The van der Waals surface area contributed by atoms with Crippen molar-refractivity contribution in [3.05, 3.63) is 45.9 Å². The summed E-state index contributed by atoms with van der Waals surface area (Å²) in [7, 11) is 0. The maximum Gasteiger partial charge on any atom is 0.150 e. The summed E-state index contributed by atoms with van der Waals surface area (Å²) in [6.07, 6.45) is -0.0540. The Morgan fingerprint density at radius 2 is 2.00 bits per heavy atom. The molecule has 2 aromatic carbocycles. The van der Waals surface area contributed by atoms with Gasteiger partial charge in [0.25, 0.3) is 0 Å². The van der Waals surface area contributed by atoms with Gasteiger partial charge in [-0.05, 0) is 30.7 Å². The Bertz CT molecular complexity index is 665. The molecule has 1 unspecified atom stereocenters. The van der Waals surface area contributed by atoms with Crippen molar-refractivity contribution in [1.29, 1.82) is 0 Å². The Kier molecular flexibility index (Phi) is 3.98. The molecule has 2 aromatic rings. The zero-order chi connectivity index (χ0) is 15.0. The molecule has 0 amide bonds. The van der Waals surface area contributed by atoms with Gasteiger partial charge in [-0.1, -0.05) is 35.3 Å². The highest BCUT2D eigenvalue weighted by Crippen LogP contribution is 2.44. The van der Waals surface area contributed by atoms with E-state index in [9.17, 15) is 0 Å². The van der Waals surface area contributed by atoms with Crippen molar-refractivity contribution in [2.45, 2.75) is 13.0 Å². The third-order valence-electron chi connectivity index (χ3n) is 3.54. The fraction of sp³-hybridized carbons (Fsp3) is 0.250. The van der Waals surface area contributed by atoms with Crippen LogP contribution in [0.2, 0.25) is 10.0 Å². The van der Waals surface area contributed by atoms with E-state index >= 15 is 0 Å². The number of rotatable bonds is 2. The quantitative estimate of drug-likeness (QED) is 0.875. The number of ether oxygens (including phenoxy) is 1. The largest absolute Gasteiger partial charge is 0.484 e. The van der Waals surface area contributed by atoms with Crippen LogP contribution in [0, 0.1) is 6.92 Å². The maximum atomic E-state index is 6.40. The number of halogens is 2. The summed E-state index contributed by atoms with van der Waals surface area (Å²) in [4.78, 5) is 0. The molecule has 0 bridgehead atoms. The minimum absolute atomic E-state index is 0.0540. The van der Waals surface area contributed by atoms with Crippen LogP contribution in [0.15, 0.2) is 30.3 Å². The van der Waals surface area contributed by atoms with E-state index in [0.717, 1.165) is 28.1 Å². The van der Waals surface area contributed by atoms with Gasteiger partial charge in [0.05, 0.1) is 22.3 Å². The highest BCUT2D eigenvalue weighted by Gasteiger charge is 2.23. The zero-order valence-corrected chi connectivity index (χ0v) is 13.1. The number of hydrogen-bond donors (Lipinski definition) is 2. The van der Waals surface area contributed by atoms with E-state index in [1.54, 1.807) is 0 Å². The molecule has 0 fully saturated rings. The van der Waals surface area contributed by atoms with Crippen molar-refractivity contribution in [2.75, 3.05) is 18.4 Å². The molecule has 3 rings (SSSR count). The number of nitrogens with two attached hydrogens (primary N) is 1. The van der Waals surface area contributed by atoms with E-state index in [0.29, 0.717) is 23.1 Å². The van der Waals surface area contributed by atoms with Crippen molar-refractivity contribution in [3.63, 3.8) is 0 Å². The second-order valence-corrected chi connectivity index (χ2v) is 5.96. The Hall–Kier alpha value is -1.42. The molecule has 3 N–H and O–H groups in total. The Morgan fingerprint density at radius 1 is 1.29 bits per heavy atom. The van der Waals surface area contributed by atoms with Gasteiger partial charge in [0.2, 0.25) is 0 Å². The lowest BCUT2D eigenvalue weighted by Gasteiger charge is -2.28. The van der Waals surface area contributed by atoms with Crippen LogP contribution < -0.4 is 15.8 Å². The van der Waals surface area contributed by atoms with Crippen LogP contribution in [0.4, 0.5) is 5.69 Å². The standard InChI is InChI=1S/C16H16Cl2N2O/c1-9-5-12(17)15(13(18)6-9)11-3-2-4-14-16(11)21-10(7-19)8-20-14/h2-6,10,20H,7-8,19H2,1H3.